The van der Waals surface area contributed by atoms with Crippen molar-refractivity contribution in [1.82, 2.24) is 15.5 Å². The van der Waals surface area contributed by atoms with Crippen molar-refractivity contribution < 1.29 is 14.1 Å². The van der Waals surface area contributed by atoms with Gasteiger partial charge in [-0.05, 0) is 43.3 Å². The Morgan fingerprint density at radius 1 is 1.20 bits per heavy atom. The van der Waals surface area contributed by atoms with E-state index in [-0.39, 0.29) is 5.91 Å². The summed E-state index contributed by atoms with van der Waals surface area (Å²) in [6.45, 7) is 1.77. The van der Waals surface area contributed by atoms with Crippen molar-refractivity contribution in [3.8, 4) is 17.1 Å². The van der Waals surface area contributed by atoms with Gasteiger partial charge in [0.15, 0.2) is 0 Å². The maximum Gasteiger partial charge on any atom is 0.251 e. The first-order valence-corrected chi connectivity index (χ1v) is 7.99. The molecule has 128 valence electrons. The van der Waals surface area contributed by atoms with Crippen molar-refractivity contribution in [3.05, 3.63) is 65.0 Å². The average molecular weight is 358 g/mol. The summed E-state index contributed by atoms with van der Waals surface area (Å²) in [7, 11) is 1.58. The maximum atomic E-state index is 12.3. The quantitative estimate of drug-likeness (QED) is 0.749. The lowest BCUT2D eigenvalue weighted by atomic mass is 10.2. The number of rotatable bonds is 5. The van der Waals surface area contributed by atoms with Crippen molar-refractivity contribution in [2.45, 2.75) is 13.0 Å². The van der Waals surface area contributed by atoms with Gasteiger partial charge in [-0.3, -0.25) is 4.79 Å². The summed E-state index contributed by atoms with van der Waals surface area (Å²) in [6, 6.07) is 13.6. The molecule has 0 bridgehead atoms. The first kappa shape index (κ1) is 17.0. The lowest BCUT2D eigenvalue weighted by Gasteiger charge is -2.09. The smallest absolute Gasteiger partial charge is 0.251 e. The Hall–Kier alpha value is -2.86. The van der Waals surface area contributed by atoms with E-state index in [1.54, 1.807) is 38.3 Å². The second-order valence-corrected chi connectivity index (χ2v) is 5.79. The van der Waals surface area contributed by atoms with Crippen LogP contribution in [0, 0.1) is 0 Å². The van der Waals surface area contributed by atoms with E-state index < -0.39 is 6.04 Å². The van der Waals surface area contributed by atoms with Crippen LogP contribution in [0.15, 0.2) is 53.1 Å². The zero-order valence-electron chi connectivity index (χ0n) is 13.7. The summed E-state index contributed by atoms with van der Waals surface area (Å²) in [5.74, 6) is 1.11. The molecule has 0 saturated heterocycles. The first-order valence-electron chi connectivity index (χ1n) is 7.62. The molecule has 1 N–H and O–H groups in total. The third kappa shape index (κ3) is 3.80. The number of ether oxygens (including phenoxy) is 1. The van der Waals surface area contributed by atoms with Crippen LogP contribution in [0.4, 0.5) is 0 Å². The van der Waals surface area contributed by atoms with Crippen LogP contribution in [0.25, 0.3) is 11.4 Å². The molecule has 0 aliphatic heterocycles. The molecule has 1 amide bonds. The monoisotopic (exact) mass is 357 g/mol. The molecular weight excluding hydrogens is 342 g/mol. The van der Waals surface area contributed by atoms with Crippen molar-refractivity contribution >= 4 is 17.5 Å². The molecule has 3 rings (SSSR count). The summed E-state index contributed by atoms with van der Waals surface area (Å²) in [5.41, 5.74) is 1.22. The lowest BCUT2D eigenvalue weighted by Crippen LogP contribution is -2.26. The number of halogens is 1. The highest BCUT2D eigenvalue weighted by Crippen LogP contribution is 2.28. The second-order valence-electron chi connectivity index (χ2n) is 5.36. The molecule has 6 nitrogen and oxygen atoms in total. The van der Waals surface area contributed by atoms with Crippen LogP contribution in [0.5, 0.6) is 5.75 Å². The highest BCUT2D eigenvalue weighted by Gasteiger charge is 2.19. The van der Waals surface area contributed by atoms with Crippen LogP contribution >= 0.6 is 11.6 Å². The van der Waals surface area contributed by atoms with Gasteiger partial charge in [0.2, 0.25) is 11.7 Å². The highest BCUT2D eigenvalue weighted by atomic mass is 35.5. The number of carbonyl (C=O) groups excluding carboxylic acids is 1. The Bertz CT molecular complexity index is 877. The van der Waals surface area contributed by atoms with E-state index >= 15 is 0 Å². The fourth-order valence-corrected chi connectivity index (χ4v) is 2.42. The van der Waals surface area contributed by atoms with Gasteiger partial charge in [0.1, 0.15) is 11.8 Å². The molecule has 7 heteroatoms. The molecule has 1 heterocycles. The minimum atomic E-state index is -0.445. The van der Waals surface area contributed by atoms with Gasteiger partial charge in [0.25, 0.3) is 5.91 Å². The number of benzene rings is 2. The standard InChI is InChI=1S/C18H16ClN3O3/c1-11(20-17(23)12-7-9-13(19)10-8-12)18-21-16(22-25-18)14-5-3-4-6-15(14)24-2/h3-11H,1-2H3,(H,20,23)/t11-/m1/s1. The van der Waals surface area contributed by atoms with Gasteiger partial charge in [-0.25, -0.2) is 0 Å². The van der Waals surface area contributed by atoms with E-state index in [9.17, 15) is 4.79 Å². The molecule has 0 fully saturated rings. The normalized spacial score (nSPS) is 11.8. The maximum absolute atomic E-state index is 12.3. The number of carbonyl (C=O) groups is 1. The number of aromatic nitrogens is 2. The Kier molecular flexibility index (Phi) is 5.00. The van der Waals surface area contributed by atoms with E-state index in [1.165, 1.54) is 0 Å². The molecule has 0 spiro atoms. The first-order chi connectivity index (χ1) is 12.1. The molecular formula is C18H16ClN3O3. The third-order valence-electron chi connectivity index (χ3n) is 3.61. The van der Waals surface area contributed by atoms with Crippen LogP contribution in [0.2, 0.25) is 5.02 Å². The molecule has 1 aromatic heterocycles. The van der Waals surface area contributed by atoms with E-state index in [2.05, 4.69) is 15.5 Å². The van der Waals surface area contributed by atoms with Crippen LogP contribution < -0.4 is 10.1 Å². The topological polar surface area (TPSA) is 77.3 Å². The molecule has 0 aliphatic carbocycles. The average Bonchev–Trinajstić information content (AvgIpc) is 3.12. The predicted molar refractivity (Wildman–Crippen MR) is 93.6 cm³/mol. The van der Waals surface area contributed by atoms with Gasteiger partial charge in [-0.1, -0.05) is 28.9 Å². The Morgan fingerprint density at radius 2 is 1.92 bits per heavy atom. The van der Waals surface area contributed by atoms with Gasteiger partial charge >= 0.3 is 0 Å². The largest absolute Gasteiger partial charge is 0.496 e. The molecule has 0 unspecified atom stereocenters. The molecule has 0 saturated carbocycles. The van der Waals surface area contributed by atoms with Crippen LogP contribution in [-0.4, -0.2) is 23.2 Å². The molecule has 2 aromatic carbocycles. The number of hydrogen-bond acceptors (Lipinski definition) is 5. The summed E-state index contributed by atoms with van der Waals surface area (Å²) >= 11 is 5.83. The fourth-order valence-electron chi connectivity index (χ4n) is 2.29. The van der Waals surface area contributed by atoms with Crippen LogP contribution in [0.3, 0.4) is 0 Å². The van der Waals surface area contributed by atoms with E-state index in [0.29, 0.717) is 28.1 Å². The lowest BCUT2D eigenvalue weighted by molar-refractivity contribution is 0.0932. The van der Waals surface area contributed by atoms with Gasteiger partial charge in [0.05, 0.1) is 12.7 Å². The van der Waals surface area contributed by atoms with E-state index in [1.807, 2.05) is 24.3 Å². The van der Waals surface area contributed by atoms with Gasteiger partial charge in [-0.15, -0.1) is 0 Å². The Labute approximate surface area is 149 Å². The summed E-state index contributed by atoms with van der Waals surface area (Å²) < 4.78 is 10.6. The minimum absolute atomic E-state index is 0.249. The summed E-state index contributed by atoms with van der Waals surface area (Å²) in [5, 5.41) is 7.36. The predicted octanol–water partition coefficient (Wildman–Crippen LogP) is 3.89. The number of amides is 1. The number of methoxy groups -OCH3 is 1. The van der Waals surface area contributed by atoms with Gasteiger partial charge in [-0.2, -0.15) is 4.98 Å². The second kappa shape index (κ2) is 7.36. The zero-order chi connectivity index (χ0) is 17.8. The Morgan fingerprint density at radius 3 is 2.64 bits per heavy atom. The molecule has 25 heavy (non-hydrogen) atoms. The van der Waals surface area contributed by atoms with Crippen molar-refractivity contribution in [1.29, 1.82) is 0 Å². The summed E-state index contributed by atoms with van der Waals surface area (Å²) in [6.07, 6.45) is 0. The third-order valence-corrected chi connectivity index (χ3v) is 3.87. The summed E-state index contributed by atoms with van der Waals surface area (Å²) in [4.78, 5) is 16.6. The Balaban J connectivity index is 1.75. The minimum Gasteiger partial charge on any atom is -0.496 e. The zero-order valence-corrected chi connectivity index (χ0v) is 14.4. The van der Waals surface area contributed by atoms with Crippen molar-refractivity contribution in [2.75, 3.05) is 7.11 Å². The van der Waals surface area contributed by atoms with E-state index in [0.717, 1.165) is 5.56 Å². The molecule has 3 aromatic rings. The van der Waals surface area contributed by atoms with Crippen LogP contribution in [-0.2, 0) is 0 Å². The number of hydrogen-bond donors (Lipinski definition) is 1. The molecule has 0 radical (unpaired) electrons. The fraction of sp³-hybridized carbons (Fsp3) is 0.167. The van der Waals surface area contributed by atoms with E-state index in [4.69, 9.17) is 20.9 Å². The number of nitrogens with zero attached hydrogens (tertiary/aromatic N) is 2. The number of nitrogens with one attached hydrogen (secondary N) is 1. The van der Waals surface area contributed by atoms with Crippen molar-refractivity contribution in [3.63, 3.8) is 0 Å². The van der Waals surface area contributed by atoms with Gasteiger partial charge < -0.3 is 14.6 Å². The molecule has 1 atom stereocenters. The number of para-hydroxylation sites is 1. The SMILES string of the molecule is COc1ccccc1-c1noc([C@@H](C)NC(=O)c2ccc(Cl)cc2)n1. The van der Waals surface area contributed by atoms with Gasteiger partial charge in [0, 0.05) is 10.6 Å². The van der Waals surface area contributed by atoms with Crippen molar-refractivity contribution in [2.24, 2.45) is 0 Å². The highest BCUT2D eigenvalue weighted by molar-refractivity contribution is 6.30. The van der Waals surface area contributed by atoms with Crippen LogP contribution in [0.1, 0.15) is 29.2 Å². The molecule has 0 aliphatic rings.